The highest BCUT2D eigenvalue weighted by molar-refractivity contribution is 9.10. The van der Waals surface area contributed by atoms with Crippen molar-refractivity contribution in [2.24, 2.45) is 0 Å². The first-order valence-electron chi connectivity index (χ1n) is 5.93. The number of nitrogens with zero attached hydrogens (tertiary/aromatic N) is 2. The van der Waals surface area contributed by atoms with Crippen LogP contribution in [0.2, 0.25) is 5.02 Å². The molecule has 4 nitrogen and oxygen atoms in total. The normalized spacial score (nSPS) is 10.3. The molecular weight excluding hydrogens is 328 g/mol. The van der Waals surface area contributed by atoms with Gasteiger partial charge in [-0.25, -0.2) is 9.97 Å². The summed E-state index contributed by atoms with van der Waals surface area (Å²) in [5.41, 5.74) is 1.10. The van der Waals surface area contributed by atoms with Crippen molar-refractivity contribution in [1.82, 2.24) is 9.97 Å². The molecule has 0 radical (unpaired) electrons. The predicted molar refractivity (Wildman–Crippen MR) is 82.7 cm³/mol. The van der Waals surface area contributed by atoms with Crippen LogP contribution in [0.15, 0.2) is 35.1 Å². The molecule has 6 heteroatoms. The van der Waals surface area contributed by atoms with Gasteiger partial charge in [0.25, 0.3) is 0 Å². The van der Waals surface area contributed by atoms with Crippen LogP contribution >= 0.6 is 27.5 Å². The van der Waals surface area contributed by atoms with Crippen molar-refractivity contribution in [1.29, 1.82) is 0 Å². The van der Waals surface area contributed by atoms with Crippen molar-refractivity contribution in [3.05, 3.63) is 45.7 Å². The summed E-state index contributed by atoms with van der Waals surface area (Å²) in [7, 11) is 0. The van der Waals surface area contributed by atoms with Crippen LogP contribution in [0.5, 0.6) is 0 Å². The third kappa shape index (κ3) is 3.81. The lowest BCUT2D eigenvalue weighted by molar-refractivity contribution is 1.06. The van der Waals surface area contributed by atoms with Crippen molar-refractivity contribution >= 4 is 39.2 Å². The van der Waals surface area contributed by atoms with Gasteiger partial charge in [0.05, 0.1) is 0 Å². The molecule has 0 spiro atoms. The van der Waals surface area contributed by atoms with Gasteiger partial charge in [-0.3, -0.25) is 0 Å². The van der Waals surface area contributed by atoms with E-state index in [0.717, 1.165) is 33.2 Å². The molecule has 2 rings (SSSR count). The lowest BCUT2D eigenvalue weighted by atomic mass is 10.2. The van der Waals surface area contributed by atoms with Gasteiger partial charge in [0.15, 0.2) is 0 Å². The van der Waals surface area contributed by atoms with Crippen molar-refractivity contribution in [2.75, 3.05) is 17.2 Å². The molecule has 0 unspecified atom stereocenters. The first-order chi connectivity index (χ1) is 9.20. The Hall–Kier alpha value is -1.33. The van der Waals surface area contributed by atoms with Crippen molar-refractivity contribution in [3.8, 4) is 0 Å². The standard InChI is InChI=1S/C13H14BrClN4/c1-2-16-12-11(14)13(19-8-18-12)17-7-9-4-3-5-10(15)6-9/h3-6,8H,2,7H2,1H3,(H2,16,17,18,19). The van der Waals surface area contributed by atoms with Gasteiger partial charge >= 0.3 is 0 Å². The molecule has 2 aromatic rings. The molecule has 0 aliphatic heterocycles. The summed E-state index contributed by atoms with van der Waals surface area (Å²) >= 11 is 9.45. The molecular formula is C13H14BrClN4. The summed E-state index contributed by atoms with van der Waals surface area (Å²) in [5.74, 6) is 1.54. The molecule has 0 atom stereocenters. The lowest BCUT2D eigenvalue weighted by Gasteiger charge is -2.11. The summed E-state index contributed by atoms with van der Waals surface area (Å²) in [5, 5.41) is 7.15. The van der Waals surface area contributed by atoms with Crippen LogP contribution < -0.4 is 10.6 Å². The number of hydrogen-bond donors (Lipinski definition) is 2. The minimum atomic E-state index is 0.655. The Bertz CT molecular complexity index is 562. The number of aromatic nitrogens is 2. The first-order valence-corrected chi connectivity index (χ1v) is 7.10. The molecule has 0 bridgehead atoms. The Morgan fingerprint density at radius 2 is 1.95 bits per heavy atom. The smallest absolute Gasteiger partial charge is 0.146 e. The zero-order valence-corrected chi connectivity index (χ0v) is 12.8. The maximum absolute atomic E-state index is 5.95. The minimum Gasteiger partial charge on any atom is -0.369 e. The quantitative estimate of drug-likeness (QED) is 0.865. The Kier molecular flexibility index (Phi) is 4.99. The molecule has 1 aromatic heterocycles. The van der Waals surface area contributed by atoms with Crippen LogP contribution in [0, 0.1) is 0 Å². The van der Waals surface area contributed by atoms with Crippen LogP contribution in [-0.4, -0.2) is 16.5 Å². The van der Waals surface area contributed by atoms with Gasteiger partial charge in [0, 0.05) is 18.1 Å². The van der Waals surface area contributed by atoms with Gasteiger partial charge in [-0.15, -0.1) is 0 Å². The average Bonchev–Trinajstić information content (AvgIpc) is 2.40. The van der Waals surface area contributed by atoms with E-state index in [0.29, 0.717) is 6.54 Å². The molecule has 100 valence electrons. The third-order valence-corrected chi connectivity index (χ3v) is 3.47. The zero-order chi connectivity index (χ0) is 13.7. The second-order valence-corrected chi connectivity index (χ2v) is 5.13. The fourth-order valence-corrected chi connectivity index (χ4v) is 2.31. The topological polar surface area (TPSA) is 49.8 Å². The Morgan fingerprint density at radius 1 is 1.21 bits per heavy atom. The number of halogens is 2. The first kappa shape index (κ1) is 14.1. The van der Waals surface area contributed by atoms with Crippen molar-refractivity contribution < 1.29 is 0 Å². The molecule has 19 heavy (non-hydrogen) atoms. The van der Waals surface area contributed by atoms with Crippen LogP contribution in [0.4, 0.5) is 11.6 Å². The highest BCUT2D eigenvalue weighted by Gasteiger charge is 2.07. The van der Waals surface area contributed by atoms with Gasteiger partial charge in [-0.1, -0.05) is 23.7 Å². The third-order valence-electron chi connectivity index (χ3n) is 2.48. The molecule has 0 aliphatic rings. The Labute approximate surface area is 125 Å². The predicted octanol–water partition coefficient (Wildman–Crippen LogP) is 3.94. The van der Waals surface area contributed by atoms with Crippen LogP contribution in [0.25, 0.3) is 0 Å². The van der Waals surface area contributed by atoms with Gasteiger partial charge in [-0.2, -0.15) is 0 Å². The molecule has 0 aliphatic carbocycles. The van der Waals surface area contributed by atoms with E-state index in [9.17, 15) is 0 Å². The minimum absolute atomic E-state index is 0.655. The van der Waals surface area contributed by atoms with E-state index in [2.05, 4.69) is 36.5 Å². The lowest BCUT2D eigenvalue weighted by Crippen LogP contribution is -2.06. The van der Waals surface area contributed by atoms with Crippen LogP contribution in [0.1, 0.15) is 12.5 Å². The largest absolute Gasteiger partial charge is 0.369 e. The number of nitrogens with one attached hydrogen (secondary N) is 2. The number of rotatable bonds is 5. The summed E-state index contributed by atoms with van der Waals surface area (Å²) in [6.07, 6.45) is 1.53. The van der Waals surface area contributed by atoms with Gasteiger partial charge < -0.3 is 10.6 Å². The summed E-state index contributed by atoms with van der Waals surface area (Å²) < 4.78 is 0.832. The molecule has 2 N–H and O–H groups in total. The van der Waals surface area contributed by atoms with E-state index in [-0.39, 0.29) is 0 Å². The average molecular weight is 342 g/mol. The van der Waals surface area contributed by atoms with Gasteiger partial charge in [0.1, 0.15) is 22.4 Å². The summed E-state index contributed by atoms with van der Waals surface area (Å²) in [6, 6.07) is 7.72. The van der Waals surface area contributed by atoms with E-state index in [1.807, 2.05) is 31.2 Å². The maximum Gasteiger partial charge on any atom is 0.146 e. The maximum atomic E-state index is 5.95. The fourth-order valence-electron chi connectivity index (χ4n) is 1.62. The summed E-state index contributed by atoms with van der Waals surface area (Å²) in [6.45, 7) is 3.48. The fraction of sp³-hybridized carbons (Fsp3) is 0.231. The van der Waals surface area contributed by atoms with Crippen LogP contribution in [0.3, 0.4) is 0 Å². The van der Waals surface area contributed by atoms with E-state index in [4.69, 9.17) is 11.6 Å². The molecule has 0 saturated carbocycles. The Morgan fingerprint density at radius 3 is 2.63 bits per heavy atom. The highest BCUT2D eigenvalue weighted by Crippen LogP contribution is 2.26. The van der Waals surface area contributed by atoms with Crippen molar-refractivity contribution in [3.63, 3.8) is 0 Å². The van der Waals surface area contributed by atoms with Gasteiger partial charge in [0.2, 0.25) is 0 Å². The second kappa shape index (κ2) is 6.73. The molecule has 1 aromatic carbocycles. The van der Waals surface area contributed by atoms with E-state index in [1.165, 1.54) is 6.33 Å². The van der Waals surface area contributed by atoms with E-state index < -0.39 is 0 Å². The molecule has 0 fully saturated rings. The SMILES string of the molecule is CCNc1ncnc(NCc2cccc(Cl)c2)c1Br. The highest BCUT2D eigenvalue weighted by atomic mass is 79.9. The van der Waals surface area contributed by atoms with Crippen molar-refractivity contribution in [2.45, 2.75) is 13.5 Å². The molecule has 1 heterocycles. The van der Waals surface area contributed by atoms with E-state index >= 15 is 0 Å². The van der Waals surface area contributed by atoms with Crippen LogP contribution in [-0.2, 0) is 6.54 Å². The number of benzene rings is 1. The van der Waals surface area contributed by atoms with E-state index in [1.54, 1.807) is 0 Å². The van der Waals surface area contributed by atoms with Gasteiger partial charge in [-0.05, 0) is 40.5 Å². The monoisotopic (exact) mass is 340 g/mol. The molecule has 0 amide bonds. The zero-order valence-electron chi connectivity index (χ0n) is 10.5. The second-order valence-electron chi connectivity index (χ2n) is 3.90. The molecule has 0 saturated heterocycles. The number of anilines is 2. The Balaban J connectivity index is 2.09. The summed E-state index contributed by atoms with van der Waals surface area (Å²) in [4.78, 5) is 8.38. The number of hydrogen-bond acceptors (Lipinski definition) is 4.